The number of anilines is 2. The molecule has 1 aliphatic carbocycles. The third-order valence-corrected chi connectivity index (χ3v) is 3.72. The van der Waals surface area contributed by atoms with E-state index < -0.39 is 0 Å². The van der Waals surface area contributed by atoms with Gasteiger partial charge in [0.1, 0.15) is 5.75 Å². The summed E-state index contributed by atoms with van der Waals surface area (Å²) in [6, 6.07) is 5.34. The SMILES string of the molecule is COc1ccc(NC(=O)C2CCCCCC2)cc1N.Cl. The van der Waals surface area contributed by atoms with Crippen LogP contribution >= 0.6 is 12.4 Å². The molecule has 0 unspecified atom stereocenters. The minimum atomic E-state index is 0. The molecule has 0 atom stereocenters. The van der Waals surface area contributed by atoms with Crippen LogP contribution in [0.15, 0.2) is 18.2 Å². The monoisotopic (exact) mass is 298 g/mol. The molecule has 0 radical (unpaired) electrons. The van der Waals surface area contributed by atoms with Crippen molar-refractivity contribution >= 4 is 29.7 Å². The quantitative estimate of drug-likeness (QED) is 0.662. The van der Waals surface area contributed by atoms with Crippen molar-refractivity contribution in [2.24, 2.45) is 5.92 Å². The molecule has 1 aromatic carbocycles. The molecule has 0 aromatic heterocycles. The molecule has 4 nitrogen and oxygen atoms in total. The number of benzene rings is 1. The first-order valence-corrected chi connectivity index (χ1v) is 6.95. The fraction of sp³-hybridized carbons (Fsp3) is 0.533. The van der Waals surface area contributed by atoms with Crippen LogP contribution in [0.4, 0.5) is 11.4 Å². The number of hydrogen-bond acceptors (Lipinski definition) is 3. The average Bonchev–Trinajstić information content (AvgIpc) is 2.68. The topological polar surface area (TPSA) is 64.3 Å². The molecule has 3 N–H and O–H groups in total. The van der Waals surface area contributed by atoms with Gasteiger partial charge in [0.15, 0.2) is 0 Å². The van der Waals surface area contributed by atoms with E-state index in [4.69, 9.17) is 10.5 Å². The summed E-state index contributed by atoms with van der Waals surface area (Å²) >= 11 is 0. The van der Waals surface area contributed by atoms with Crippen molar-refractivity contribution in [3.8, 4) is 5.75 Å². The minimum Gasteiger partial charge on any atom is -0.495 e. The molecule has 0 bridgehead atoms. The van der Waals surface area contributed by atoms with E-state index in [0.29, 0.717) is 11.4 Å². The van der Waals surface area contributed by atoms with Gasteiger partial charge in [-0.05, 0) is 31.0 Å². The molecule has 20 heavy (non-hydrogen) atoms. The largest absolute Gasteiger partial charge is 0.495 e. The molecule has 0 heterocycles. The fourth-order valence-corrected chi connectivity index (χ4v) is 2.60. The van der Waals surface area contributed by atoms with Crippen molar-refractivity contribution in [1.29, 1.82) is 0 Å². The summed E-state index contributed by atoms with van der Waals surface area (Å²) < 4.78 is 5.10. The van der Waals surface area contributed by atoms with E-state index in [9.17, 15) is 4.79 Å². The molecule has 0 saturated heterocycles. The molecule has 1 saturated carbocycles. The summed E-state index contributed by atoms with van der Waals surface area (Å²) in [5.74, 6) is 0.893. The minimum absolute atomic E-state index is 0. The van der Waals surface area contributed by atoms with E-state index in [-0.39, 0.29) is 24.2 Å². The van der Waals surface area contributed by atoms with Crippen molar-refractivity contribution < 1.29 is 9.53 Å². The van der Waals surface area contributed by atoms with Gasteiger partial charge in [-0.3, -0.25) is 4.79 Å². The number of hydrogen-bond donors (Lipinski definition) is 2. The maximum atomic E-state index is 12.2. The first kappa shape index (κ1) is 16.6. The molecule has 0 aliphatic heterocycles. The Balaban J connectivity index is 0.00000200. The number of nitrogens with one attached hydrogen (secondary N) is 1. The Labute approximate surface area is 126 Å². The third kappa shape index (κ3) is 4.30. The van der Waals surface area contributed by atoms with E-state index in [0.717, 1.165) is 31.4 Å². The van der Waals surface area contributed by atoms with E-state index in [1.807, 2.05) is 6.07 Å². The first-order chi connectivity index (χ1) is 9.20. The third-order valence-electron chi connectivity index (χ3n) is 3.72. The highest BCUT2D eigenvalue weighted by Crippen LogP contribution is 2.27. The van der Waals surface area contributed by atoms with Gasteiger partial charge in [0.2, 0.25) is 5.91 Å². The lowest BCUT2D eigenvalue weighted by Gasteiger charge is -2.15. The molecular formula is C15H23ClN2O2. The molecule has 1 fully saturated rings. The lowest BCUT2D eigenvalue weighted by Crippen LogP contribution is -2.22. The first-order valence-electron chi connectivity index (χ1n) is 6.95. The van der Waals surface area contributed by atoms with Gasteiger partial charge in [-0.25, -0.2) is 0 Å². The van der Waals surface area contributed by atoms with Gasteiger partial charge in [-0.2, -0.15) is 0 Å². The van der Waals surface area contributed by atoms with E-state index in [1.54, 1.807) is 19.2 Å². The number of carbonyl (C=O) groups excluding carboxylic acids is 1. The summed E-state index contributed by atoms with van der Waals surface area (Å²) in [6.45, 7) is 0. The van der Waals surface area contributed by atoms with E-state index in [2.05, 4.69) is 5.32 Å². The Hall–Kier alpha value is -1.42. The summed E-state index contributed by atoms with van der Waals surface area (Å²) in [6.07, 6.45) is 6.80. The summed E-state index contributed by atoms with van der Waals surface area (Å²) in [5, 5.41) is 2.96. The predicted octanol–water partition coefficient (Wildman–Crippen LogP) is 3.61. The molecular weight excluding hydrogens is 276 g/mol. The van der Waals surface area contributed by atoms with E-state index in [1.165, 1.54) is 12.8 Å². The van der Waals surface area contributed by atoms with Crippen LogP contribution in [0.2, 0.25) is 0 Å². The van der Waals surface area contributed by atoms with Crippen molar-refractivity contribution in [2.75, 3.05) is 18.2 Å². The summed E-state index contributed by atoms with van der Waals surface area (Å²) in [4.78, 5) is 12.2. The summed E-state index contributed by atoms with van der Waals surface area (Å²) in [5.41, 5.74) is 7.12. The number of nitrogens with two attached hydrogens (primary N) is 1. The maximum Gasteiger partial charge on any atom is 0.227 e. The molecule has 1 aromatic rings. The standard InChI is InChI=1S/C15H22N2O2.ClH/c1-19-14-9-8-12(10-13(14)16)17-15(18)11-6-4-2-3-5-7-11;/h8-11H,2-7,16H2,1H3,(H,17,18);1H. The molecule has 0 spiro atoms. The van der Waals surface area contributed by atoms with Crippen molar-refractivity contribution in [1.82, 2.24) is 0 Å². The Morgan fingerprint density at radius 1 is 1.25 bits per heavy atom. The zero-order valence-electron chi connectivity index (χ0n) is 11.9. The number of methoxy groups -OCH3 is 1. The number of rotatable bonds is 3. The predicted molar refractivity (Wildman–Crippen MR) is 84.5 cm³/mol. The summed E-state index contributed by atoms with van der Waals surface area (Å²) in [7, 11) is 1.58. The molecule has 2 rings (SSSR count). The Bertz CT molecular complexity index is 443. The van der Waals surface area contributed by atoms with Crippen LogP contribution in [0.1, 0.15) is 38.5 Å². The zero-order valence-corrected chi connectivity index (χ0v) is 12.7. The van der Waals surface area contributed by atoms with Gasteiger partial charge < -0.3 is 15.8 Å². The maximum absolute atomic E-state index is 12.2. The normalized spacial score (nSPS) is 15.8. The Morgan fingerprint density at radius 2 is 1.90 bits per heavy atom. The highest BCUT2D eigenvalue weighted by atomic mass is 35.5. The molecule has 5 heteroatoms. The van der Waals surface area contributed by atoms with Gasteiger partial charge in [0.25, 0.3) is 0 Å². The van der Waals surface area contributed by atoms with E-state index >= 15 is 0 Å². The smallest absolute Gasteiger partial charge is 0.227 e. The Morgan fingerprint density at radius 3 is 2.45 bits per heavy atom. The number of carbonyl (C=O) groups is 1. The number of amides is 1. The molecule has 1 amide bonds. The lowest BCUT2D eigenvalue weighted by molar-refractivity contribution is -0.120. The van der Waals surface area contributed by atoms with Crippen LogP contribution < -0.4 is 15.8 Å². The van der Waals surface area contributed by atoms with Crippen molar-refractivity contribution in [3.05, 3.63) is 18.2 Å². The van der Waals surface area contributed by atoms with Crippen LogP contribution in [0.5, 0.6) is 5.75 Å². The van der Waals surface area contributed by atoms with Crippen LogP contribution in [0.25, 0.3) is 0 Å². The van der Waals surface area contributed by atoms with Gasteiger partial charge in [0, 0.05) is 11.6 Å². The number of halogens is 1. The van der Waals surface area contributed by atoms with Gasteiger partial charge >= 0.3 is 0 Å². The van der Waals surface area contributed by atoms with Gasteiger partial charge in [-0.15, -0.1) is 12.4 Å². The van der Waals surface area contributed by atoms with Gasteiger partial charge in [0.05, 0.1) is 12.8 Å². The highest BCUT2D eigenvalue weighted by Gasteiger charge is 2.20. The number of ether oxygens (including phenoxy) is 1. The van der Waals surface area contributed by atoms with Crippen molar-refractivity contribution in [2.45, 2.75) is 38.5 Å². The van der Waals surface area contributed by atoms with Gasteiger partial charge in [-0.1, -0.05) is 25.7 Å². The Kier molecular flexibility index (Phi) is 6.65. The second kappa shape index (κ2) is 8.00. The average molecular weight is 299 g/mol. The fourth-order valence-electron chi connectivity index (χ4n) is 2.60. The van der Waals surface area contributed by atoms with Crippen LogP contribution in [-0.2, 0) is 4.79 Å². The number of nitrogen functional groups attached to an aromatic ring is 1. The lowest BCUT2D eigenvalue weighted by atomic mass is 9.99. The molecule has 1 aliphatic rings. The molecule has 112 valence electrons. The van der Waals surface area contributed by atoms with Crippen molar-refractivity contribution in [3.63, 3.8) is 0 Å². The second-order valence-electron chi connectivity index (χ2n) is 5.13. The highest BCUT2D eigenvalue weighted by molar-refractivity contribution is 5.93. The zero-order chi connectivity index (χ0) is 13.7. The van der Waals surface area contributed by atoms with Crippen LogP contribution in [0.3, 0.4) is 0 Å². The van der Waals surface area contributed by atoms with Crippen LogP contribution in [0, 0.1) is 5.92 Å². The second-order valence-corrected chi connectivity index (χ2v) is 5.13. The van der Waals surface area contributed by atoms with Crippen LogP contribution in [-0.4, -0.2) is 13.0 Å².